The molecule has 1 heterocycles. The number of primary amides is 1. The number of morpholine rings is 1. The van der Waals surface area contributed by atoms with E-state index < -0.39 is 23.9 Å². The molecule has 8 nitrogen and oxygen atoms in total. The maximum Gasteiger partial charge on any atom is 0.318 e. The summed E-state index contributed by atoms with van der Waals surface area (Å²) in [5.41, 5.74) is 4.73. The molecule has 8 heteroatoms. The van der Waals surface area contributed by atoms with Crippen LogP contribution in [0.4, 0.5) is 4.79 Å². The van der Waals surface area contributed by atoms with Crippen molar-refractivity contribution in [3.8, 4) is 0 Å². The summed E-state index contributed by atoms with van der Waals surface area (Å²) in [5.74, 6) is 4.17. The molecule has 1 fully saturated rings. The number of hydrogen-bond donors (Lipinski definition) is 3. The molecular weight excluding hydrogens is 204 g/mol. The minimum absolute atomic E-state index is 0.261. The first-order valence-corrected chi connectivity index (χ1v) is 4.27. The zero-order valence-corrected chi connectivity index (χ0v) is 7.93. The number of hydrogen-bond acceptors (Lipinski definition) is 5. The summed E-state index contributed by atoms with van der Waals surface area (Å²) in [4.78, 5) is 32.7. The average molecular weight is 216 g/mol. The van der Waals surface area contributed by atoms with Crippen molar-refractivity contribution in [1.29, 1.82) is 0 Å². The monoisotopic (exact) mass is 216 g/mol. The van der Waals surface area contributed by atoms with E-state index in [1.165, 1.54) is 0 Å². The fourth-order valence-corrected chi connectivity index (χ4v) is 1.16. The maximum absolute atomic E-state index is 11.3. The molecule has 5 N–H and O–H groups in total. The maximum atomic E-state index is 11.3. The molecule has 1 aliphatic rings. The fraction of sp³-hybridized carbons (Fsp3) is 0.571. The van der Waals surface area contributed by atoms with Gasteiger partial charge in [0.05, 0.1) is 19.6 Å². The van der Waals surface area contributed by atoms with Gasteiger partial charge in [0, 0.05) is 0 Å². The van der Waals surface area contributed by atoms with Gasteiger partial charge in [-0.15, -0.1) is 0 Å². The van der Waals surface area contributed by atoms with Crippen molar-refractivity contribution in [3.63, 3.8) is 0 Å². The second kappa shape index (κ2) is 4.71. The number of hydrazine groups is 1. The molecule has 84 valence electrons. The van der Waals surface area contributed by atoms with Crippen molar-refractivity contribution in [3.05, 3.63) is 0 Å². The van der Waals surface area contributed by atoms with E-state index in [9.17, 15) is 14.4 Å². The Morgan fingerprint density at radius 3 is 2.87 bits per heavy atom. The molecule has 1 aliphatic heterocycles. The van der Waals surface area contributed by atoms with Crippen molar-refractivity contribution < 1.29 is 19.1 Å². The predicted molar refractivity (Wildman–Crippen MR) is 48.0 cm³/mol. The van der Waals surface area contributed by atoms with E-state index in [1.807, 2.05) is 5.32 Å². The van der Waals surface area contributed by atoms with Crippen LogP contribution >= 0.6 is 0 Å². The summed E-state index contributed by atoms with van der Waals surface area (Å²) in [5, 5.41) is 2.81. The standard InChI is InChI=1S/C7H12N4O4/c8-7(14)10-5(12)3-4-6(13)11(9)1-2-15-4/h4H,1-3,9H2,(H3,8,10,12,14). The minimum Gasteiger partial charge on any atom is -0.366 e. The predicted octanol–water partition coefficient (Wildman–Crippen LogP) is -2.33. The highest BCUT2D eigenvalue weighted by molar-refractivity contribution is 5.96. The molecule has 0 bridgehead atoms. The van der Waals surface area contributed by atoms with Crippen molar-refractivity contribution in [2.45, 2.75) is 12.5 Å². The Morgan fingerprint density at radius 2 is 2.27 bits per heavy atom. The van der Waals surface area contributed by atoms with Gasteiger partial charge in [0.1, 0.15) is 6.10 Å². The Kier molecular flexibility index (Phi) is 3.58. The molecular formula is C7H12N4O4. The van der Waals surface area contributed by atoms with Crippen LogP contribution in [0.3, 0.4) is 0 Å². The van der Waals surface area contributed by atoms with Gasteiger partial charge in [0.15, 0.2) is 0 Å². The lowest BCUT2D eigenvalue weighted by Crippen LogP contribution is -2.52. The third-order valence-electron chi connectivity index (χ3n) is 1.84. The molecule has 1 saturated heterocycles. The summed E-state index contributed by atoms with van der Waals surface area (Å²) < 4.78 is 5.03. The van der Waals surface area contributed by atoms with E-state index in [0.29, 0.717) is 0 Å². The molecule has 0 spiro atoms. The molecule has 1 atom stereocenters. The number of rotatable bonds is 2. The molecule has 15 heavy (non-hydrogen) atoms. The van der Waals surface area contributed by atoms with Gasteiger partial charge >= 0.3 is 6.03 Å². The molecule has 0 aromatic heterocycles. The normalized spacial score (nSPS) is 21.3. The molecule has 0 aromatic rings. The fourth-order valence-electron chi connectivity index (χ4n) is 1.16. The largest absolute Gasteiger partial charge is 0.366 e. The zero-order chi connectivity index (χ0) is 11.4. The number of nitrogens with zero attached hydrogens (tertiary/aromatic N) is 1. The average Bonchev–Trinajstić information content (AvgIpc) is 2.11. The first kappa shape index (κ1) is 11.4. The number of urea groups is 1. The number of ether oxygens (including phenoxy) is 1. The second-order valence-corrected chi connectivity index (χ2v) is 3.01. The Morgan fingerprint density at radius 1 is 1.60 bits per heavy atom. The van der Waals surface area contributed by atoms with Crippen LogP contribution in [0.25, 0.3) is 0 Å². The number of nitrogens with one attached hydrogen (secondary N) is 1. The summed E-state index contributed by atoms with van der Waals surface area (Å²) >= 11 is 0. The van der Waals surface area contributed by atoms with Gasteiger partial charge in [-0.3, -0.25) is 19.9 Å². The number of carbonyl (C=O) groups excluding carboxylic acids is 3. The van der Waals surface area contributed by atoms with E-state index in [0.717, 1.165) is 5.01 Å². The topological polar surface area (TPSA) is 128 Å². The van der Waals surface area contributed by atoms with E-state index >= 15 is 0 Å². The van der Waals surface area contributed by atoms with Crippen molar-refractivity contribution in [2.75, 3.05) is 13.2 Å². The minimum atomic E-state index is -0.965. The van der Waals surface area contributed by atoms with Gasteiger partial charge in [-0.05, 0) is 0 Å². The molecule has 1 unspecified atom stereocenters. The summed E-state index contributed by atoms with van der Waals surface area (Å²) in [6.45, 7) is 0.545. The smallest absolute Gasteiger partial charge is 0.318 e. The molecule has 0 aromatic carbocycles. The van der Waals surface area contributed by atoms with Gasteiger partial charge in [-0.1, -0.05) is 0 Å². The van der Waals surface area contributed by atoms with Gasteiger partial charge in [-0.2, -0.15) is 0 Å². The van der Waals surface area contributed by atoms with Crippen LogP contribution in [0.15, 0.2) is 0 Å². The molecule has 4 amide bonds. The van der Waals surface area contributed by atoms with Crippen LogP contribution in [0.2, 0.25) is 0 Å². The lowest BCUT2D eigenvalue weighted by Gasteiger charge is -2.28. The van der Waals surface area contributed by atoms with Crippen LogP contribution in [0.1, 0.15) is 6.42 Å². The first-order chi connectivity index (χ1) is 7.00. The molecule has 0 aliphatic carbocycles. The van der Waals surface area contributed by atoms with Crippen LogP contribution in [0, 0.1) is 0 Å². The van der Waals surface area contributed by atoms with Gasteiger partial charge in [0.2, 0.25) is 5.91 Å². The third-order valence-corrected chi connectivity index (χ3v) is 1.84. The third kappa shape index (κ3) is 3.18. The first-order valence-electron chi connectivity index (χ1n) is 4.27. The second-order valence-electron chi connectivity index (χ2n) is 3.01. The van der Waals surface area contributed by atoms with Crippen LogP contribution in [-0.2, 0) is 14.3 Å². The summed E-state index contributed by atoms with van der Waals surface area (Å²) in [6, 6.07) is -0.965. The van der Waals surface area contributed by atoms with E-state index in [4.69, 9.17) is 16.3 Å². The Bertz CT molecular complexity index is 293. The van der Waals surface area contributed by atoms with E-state index in [1.54, 1.807) is 0 Å². The Labute approximate surface area is 85.5 Å². The van der Waals surface area contributed by atoms with Gasteiger partial charge < -0.3 is 10.5 Å². The van der Waals surface area contributed by atoms with Crippen LogP contribution in [0.5, 0.6) is 0 Å². The van der Waals surface area contributed by atoms with Crippen LogP contribution < -0.4 is 16.9 Å². The van der Waals surface area contributed by atoms with Crippen molar-refractivity contribution in [2.24, 2.45) is 11.6 Å². The quantitative estimate of drug-likeness (QED) is 0.352. The summed E-state index contributed by atoms with van der Waals surface area (Å²) in [7, 11) is 0. The lowest BCUT2D eigenvalue weighted by molar-refractivity contribution is -0.155. The highest BCUT2D eigenvalue weighted by Crippen LogP contribution is 2.07. The number of nitrogens with two attached hydrogens (primary N) is 2. The number of imide groups is 1. The van der Waals surface area contributed by atoms with E-state index in [-0.39, 0.29) is 19.6 Å². The van der Waals surface area contributed by atoms with Crippen LogP contribution in [-0.4, -0.2) is 42.1 Å². The highest BCUT2D eigenvalue weighted by Gasteiger charge is 2.30. The molecule has 1 rings (SSSR count). The van der Waals surface area contributed by atoms with Crippen molar-refractivity contribution >= 4 is 17.8 Å². The molecule has 0 radical (unpaired) electrons. The Hall–Kier alpha value is -1.67. The highest BCUT2D eigenvalue weighted by atomic mass is 16.5. The lowest BCUT2D eigenvalue weighted by atomic mass is 10.2. The summed E-state index contributed by atoms with van der Waals surface area (Å²) in [6.07, 6.45) is -1.21. The van der Waals surface area contributed by atoms with Crippen molar-refractivity contribution in [1.82, 2.24) is 10.3 Å². The SMILES string of the molecule is NC(=O)NC(=O)CC1OCCN(N)C1=O. The van der Waals surface area contributed by atoms with Gasteiger partial charge in [0.25, 0.3) is 5.91 Å². The zero-order valence-electron chi connectivity index (χ0n) is 7.93. The number of carbonyl (C=O) groups is 3. The number of amides is 4. The van der Waals surface area contributed by atoms with Gasteiger partial charge in [-0.25, -0.2) is 10.6 Å². The Balaban J connectivity index is 2.46. The van der Waals surface area contributed by atoms with E-state index in [2.05, 4.69) is 0 Å². The molecule has 0 saturated carbocycles.